The Balaban J connectivity index is 2.23. The minimum atomic E-state index is -1.56. The predicted molar refractivity (Wildman–Crippen MR) is 235 cm³/mol. The van der Waals surface area contributed by atoms with Crippen LogP contribution in [0.2, 0.25) is 0 Å². The first-order valence-corrected chi connectivity index (χ1v) is 24.4. The smallest absolute Gasteiger partial charge is 0.220 e. The highest BCUT2D eigenvalue weighted by Gasteiger charge is 2.44. The Morgan fingerprint density at radius 1 is 0.579 bits per heavy atom. The molecule has 1 heterocycles. The molecule has 0 aromatic rings. The third-order valence-corrected chi connectivity index (χ3v) is 11.9. The lowest BCUT2D eigenvalue weighted by Gasteiger charge is -2.40. The van der Waals surface area contributed by atoms with Gasteiger partial charge in [0.2, 0.25) is 5.91 Å². The van der Waals surface area contributed by atoms with Crippen molar-refractivity contribution >= 4 is 5.91 Å². The zero-order valence-electron chi connectivity index (χ0n) is 37.1. The minimum absolute atomic E-state index is 0.174. The van der Waals surface area contributed by atoms with Gasteiger partial charge in [-0.1, -0.05) is 219 Å². The van der Waals surface area contributed by atoms with Gasteiger partial charge < -0.3 is 40.3 Å². The summed E-state index contributed by atoms with van der Waals surface area (Å²) in [5, 5.41) is 54.1. The number of ether oxygens (including phenoxy) is 2. The number of amides is 1. The molecule has 1 aliphatic heterocycles. The van der Waals surface area contributed by atoms with Crippen LogP contribution in [-0.2, 0) is 14.3 Å². The van der Waals surface area contributed by atoms with E-state index in [4.69, 9.17) is 9.47 Å². The summed E-state index contributed by atoms with van der Waals surface area (Å²) in [5.74, 6) is -0.174. The second kappa shape index (κ2) is 39.1. The van der Waals surface area contributed by atoms with Gasteiger partial charge in [-0.3, -0.25) is 4.79 Å². The Hall–Kier alpha value is -1.07. The SMILES string of the molecule is CCCCCCCCCCC/C=C/[C@H](O)[C@H](CO[C@H]1O[C@H](CO)[C@H](O)[C@H](O)[C@H]1O)NC(=O)CCCCCCCCCCCCCCCCCCCCCCCCC. The molecule has 1 fully saturated rings. The Kier molecular flexibility index (Phi) is 37.0. The number of hydrogen-bond acceptors (Lipinski definition) is 8. The van der Waals surface area contributed by atoms with Crippen molar-refractivity contribution in [1.82, 2.24) is 5.32 Å². The summed E-state index contributed by atoms with van der Waals surface area (Å²) in [6, 6.07) is -0.797. The second-order valence-corrected chi connectivity index (χ2v) is 17.3. The predicted octanol–water partition coefficient (Wildman–Crippen LogP) is 10.5. The van der Waals surface area contributed by atoms with Gasteiger partial charge in [0, 0.05) is 6.42 Å². The van der Waals surface area contributed by atoms with Crippen molar-refractivity contribution in [3.8, 4) is 0 Å². The standard InChI is InChI=1S/C48H93NO8/c1-3-5-7-9-11-13-15-16-17-18-19-20-21-22-23-24-25-26-28-30-32-34-36-38-44(52)49-41(40-56-48-47(55)46(54)45(53)43(39-50)57-48)42(51)37-35-33-31-29-27-14-12-10-8-6-4-2/h35,37,41-43,45-48,50-51,53-55H,3-34,36,38-40H2,1-2H3,(H,49,52)/b37-35+/t41-,42-,43+,45-,46-,47+,48-/m0/s1. The van der Waals surface area contributed by atoms with Gasteiger partial charge in [-0.25, -0.2) is 0 Å². The van der Waals surface area contributed by atoms with E-state index in [0.29, 0.717) is 6.42 Å². The van der Waals surface area contributed by atoms with Crippen LogP contribution in [0.25, 0.3) is 0 Å². The van der Waals surface area contributed by atoms with Crippen molar-refractivity contribution in [2.75, 3.05) is 13.2 Å². The number of nitrogens with one attached hydrogen (secondary N) is 1. The molecule has 9 nitrogen and oxygen atoms in total. The lowest BCUT2D eigenvalue weighted by atomic mass is 9.99. The van der Waals surface area contributed by atoms with Gasteiger partial charge in [-0.2, -0.15) is 0 Å². The van der Waals surface area contributed by atoms with Gasteiger partial charge in [0.05, 0.1) is 25.4 Å². The van der Waals surface area contributed by atoms with E-state index in [1.54, 1.807) is 6.08 Å². The summed E-state index contributed by atoms with van der Waals surface area (Å²) in [4.78, 5) is 13.0. The van der Waals surface area contributed by atoms with Crippen LogP contribution in [0.5, 0.6) is 0 Å². The summed E-state index contributed by atoms with van der Waals surface area (Å²) >= 11 is 0. The molecule has 0 radical (unpaired) electrons. The van der Waals surface area contributed by atoms with E-state index in [9.17, 15) is 30.3 Å². The number of rotatable bonds is 41. The lowest BCUT2D eigenvalue weighted by molar-refractivity contribution is -0.302. The summed E-state index contributed by atoms with van der Waals surface area (Å²) in [7, 11) is 0. The highest BCUT2D eigenvalue weighted by atomic mass is 16.7. The Bertz CT molecular complexity index is 904. The summed E-state index contributed by atoms with van der Waals surface area (Å²) in [6.07, 6.45) is 38.4. The van der Waals surface area contributed by atoms with Crippen LogP contribution in [0.1, 0.15) is 232 Å². The molecule has 1 rings (SSSR count). The fourth-order valence-corrected chi connectivity index (χ4v) is 7.92. The number of hydrogen-bond donors (Lipinski definition) is 6. The highest BCUT2D eigenvalue weighted by molar-refractivity contribution is 5.76. The molecule has 0 aromatic heterocycles. The van der Waals surface area contributed by atoms with Gasteiger partial charge in [0.25, 0.3) is 0 Å². The first-order chi connectivity index (χ1) is 27.8. The molecule has 7 atom stereocenters. The van der Waals surface area contributed by atoms with Crippen LogP contribution in [0.15, 0.2) is 12.2 Å². The maximum Gasteiger partial charge on any atom is 0.220 e. The fraction of sp³-hybridized carbons (Fsp3) is 0.938. The molecule has 0 aliphatic carbocycles. The van der Waals surface area contributed by atoms with E-state index in [-0.39, 0.29) is 12.5 Å². The van der Waals surface area contributed by atoms with Gasteiger partial charge in [0.15, 0.2) is 6.29 Å². The molecule has 0 bridgehead atoms. The van der Waals surface area contributed by atoms with Crippen LogP contribution < -0.4 is 5.32 Å². The molecule has 1 saturated heterocycles. The summed E-state index contributed by atoms with van der Waals surface area (Å²) < 4.78 is 11.2. The first-order valence-electron chi connectivity index (χ1n) is 24.4. The monoisotopic (exact) mass is 812 g/mol. The van der Waals surface area contributed by atoms with Crippen LogP contribution >= 0.6 is 0 Å². The minimum Gasteiger partial charge on any atom is -0.394 e. The quantitative estimate of drug-likeness (QED) is 0.0264. The number of carbonyl (C=O) groups is 1. The molecular weight excluding hydrogens is 719 g/mol. The van der Waals surface area contributed by atoms with Gasteiger partial charge >= 0.3 is 0 Å². The lowest BCUT2D eigenvalue weighted by Crippen LogP contribution is -2.60. The number of aliphatic hydroxyl groups excluding tert-OH is 5. The molecule has 0 unspecified atom stereocenters. The molecule has 0 aromatic carbocycles. The molecule has 1 aliphatic rings. The summed E-state index contributed by atoms with van der Waals surface area (Å²) in [6.45, 7) is 3.78. The van der Waals surface area contributed by atoms with Crippen molar-refractivity contribution in [2.24, 2.45) is 0 Å². The normalized spacial score (nSPS) is 21.0. The maximum absolute atomic E-state index is 13.0. The van der Waals surface area contributed by atoms with Crippen molar-refractivity contribution in [3.05, 3.63) is 12.2 Å². The fourth-order valence-electron chi connectivity index (χ4n) is 7.92. The Morgan fingerprint density at radius 2 is 0.965 bits per heavy atom. The van der Waals surface area contributed by atoms with Crippen LogP contribution in [0.4, 0.5) is 0 Å². The first kappa shape index (κ1) is 53.9. The number of unbranched alkanes of at least 4 members (excludes halogenated alkanes) is 31. The van der Waals surface area contributed by atoms with E-state index in [2.05, 4.69) is 19.2 Å². The van der Waals surface area contributed by atoms with E-state index in [0.717, 1.165) is 38.5 Å². The number of aliphatic hydroxyl groups is 5. The molecule has 0 saturated carbocycles. The molecular formula is C48H93NO8. The average Bonchev–Trinajstić information content (AvgIpc) is 3.21. The maximum atomic E-state index is 13.0. The van der Waals surface area contributed by atoms with Crippen molar-refractivity contribution in [3.63, 3.8) is 0 Å². The average molecular weight is 812 g/mol. The van der Waals surface area contributed by atoms with E-state index < -0.39 is 49.5 Å². The van der Waals surface area contributed by atoms with Crippen molar-refractivity contribution in [1.29, 1.82) is 0 Å². The highest BCUT2D eigenvalue weighted by Crippen LogP contribution is 2.23. The van der Waals surface area contributed by atoms with Crippen LogP contribution in [0, 0.1) is 0 Å². The molecule has 0 spiro atoms. The topological polar surface area (TPSA) is 149 Å². The van der Waals surface area contributed by atoms with E-state index in [1.165, 1.54) is 173 Å². The number of carbonyl (C=O) groups excluding carboxylic acids is 1. The van der Waals surface area contributed by atoms with Crippen LogP contribution in [0.3, 0.4) is 0 Å². The Morgan fingerprint density at radius 3 is 1.37 bits per heavy atom. The zero-order chi connectivity index (χ0) is 41.6. The summed E-state index contributed by atoms with van der Waals surface area (Å²) in [5.41, 5.74) is 0. The number of allylic oxidation sites excluding steroid dienone is 1. The van der Waals surface area contributed by atoms with Crippen LogP contribution in [-0.4, -0.2) is 87.5 Å². The molecule has 57 heavy (non-hydrogen) atoms. The van der Waals surface area contributed by atoms with E-state index >= 15 is 0 Å². The largest absolute Gasteiger partial charge is 0.394 e. The van der Waals surface area contributed by atoms with Crippen molar-refractivity contribution in [2.45, 2.75) is 275 Å². The zero-order valence-corrected chi connectivity index (χ0v) is 37.1. The van der Waals surface area contributed by atoms with Crippen molar-refractivity contribution < 1.29 is 39.8 Å². The second-order valence-electron chi connectivity index (χ2n) is 17.3. The third-order valence-electron chi connectivity index (χ3n) is 11.9. The van der Waals surface area contributed by atoms with Gasteiger partial charge in [-0.05, 0) is 19.3 Å². The Labute approximate surface area is 350 Å². The van der Waals surface area contributed by atoms with E-state index in [1.807, 2.05) is 6.08 Å². The molecule has 9 heteroatoms. The molecule has 338 valence electrons. The van der Waals surface area contributed by atoms with Gasteiger partial charge in [-0.15, -0.1) is 0 Å². The molecule has 1 amide bonds. The van der Waals surface area contributed by atoms with Gasteiger partial charge in [0.1, 0.15) is 24.4 Å². The third kappa shape index (κ3) is 29.7. The molecule has 6 N–H and O–H groups in total.